The number of benzene rings is 2. The molecule has 0 radical (unpaired) electrons. The number of aromatic nitrogens is 2. The molecule has 2 aromatic heterocycles. The summed E-state index contributed by atoms with van der Waals surface area (Å²) in [5.74, 6) is -3.69. The van der Waals surface area contributed by atoms with Gasteiger partial charge in [-0.15, -0.1) is 0 Å². The number of pyridine rings is 2. The Labute approximate surface area is 182 Å². The molecule has 0 aliphatic carbocycles. The Kier molecular flexibility index (Phi) is 6.00. The quantitative estimate of drug-likeness (QED) is 0.212. The molecular formula is C23H19N5O4. The lowest BCUT2D eigenvalue weighted by atomic mass is 10.0. The maximum atomic E-state index is 12.9. The summed E-state index contributed by atoms with van der Waals surface area (Å²) < 4.78 is 0. The molecule has 4 rings (SSSR count). The van der Waals surface area contributed by atoms with E-state index in [9.17, 15) is 14.4 Å². The number of amides is 3. The van der Waals surface area contributed by atoms with E-state index in [-0.39, 0.29) is 0 Å². The summed E-state index contributed by atoms with van der Waals surface area (Å²) in [6.07, 6.45) is 2.39. The molecule has 3 amide bonds. The molecule has 4 aromatic rings. The maximum absolute atomic E-state index is 12.9. The van der Waals surface area contributed by atoms with Crippen LogP contribution in [0, 0.1) is 5.92 Å². The summed E-state index contributed by atoms with van der Waals surface area (Å²) in [5.41, 5.74) is 3.72. The van der Waals surface area contributed by atoms with Crippen LogP contribution in [0.25, 0.3) is 21.8 Å². The average molecular weight is 429 g/mol. The minimum Gasteiger partial charge on any atom is -0.324 e. The third-order valence-corrected chi connectivity index (χ3v) is 4.86. The normalized spacial score (nSPS) is 10.8. The Bertz CT molecular complexity index is 1230. The van der Waals surface area contributed by atoms with Crippen molar-refractivity contribution < 1.29 is 19.6 Å². The van der Waals surface area contributed by atoms with Gasteiger partial charge in [-0.2, -0.15) is 0 Å². The van der Waals surface area contributed by atoms with E-state index >= 15 is 0 Å². The number of carbonyl (C=O) groups is 3. The monoisotopic (exact) mass is 429 g/mol. The summed E-state index contributed by atoms with van der Waals surface area (Å²) in [6, 6.07) is 18.2. The van der Waals surface area contributed by atoms with Crippen LogP contribution in [0.3, 0.4) is 0 Å². The molecule has 9 nitrogen and oxygen atoms in total. The molecule has 4 N–H and O–H groups in total. The minimum absolute atomic E-state index is 0.378. The fourth-order valence-corrected chi connectivity index (χ4v) is 3.27. The maximum Gasteiger partial charge on any atom is 0.244 e. The first-order valence-electron chi connectivity index (χ1n) is 9.78. The molecular weight excluding hydrogens is 410 g/mol. The second-order valence-corrected chi connectivity index (χ2v) is 7.10. The van der Waals surface area contributed by atoms with Crippen molar-refractivity contribution in [3.8, 4) is 0 Å². The largest absolute Gasteiger partial charge is 0.324 e. The average Bonchev–Trinajstić information content (AvgIpc) is 2.82. The molecule has 0 aliphatic rings. The molecule has 0 aliphatic heterocycles. The number of nitrogens with one attached hydrogen (secondary N) is 3. The lowest BCUT2D eigenvalue weighted by Gasteiger charge is -2.16. The van der Waals surface area contributed by atoms with Crippen LogP contribution >= 0.6 is 0 Å². The highest BCUT2D eigenvalue weighted by Crippen LogP contribution is 2.20. The summed E-state index contributed by atoms with van der Waals surface area (Å²) in [4.78, 5) is 46.0. The van der Waals surface area contributed by atoms with E-state index in [4.69, 9.17) is 5.21 Å². The first kappa shape index (κ1) is 20.9. The number of hydrogen-bond donors (Lipinski definition) is 4. The van der Waals surface area contributed by atoms with Crippen LogP contribution in [-0.4, -0.2) is 32.9 Å². The SMILES string of the molecule is O=C(CC(C(=O)Nc1cnc2ccccc2c1)C(=O)Nc1cnc2ccccc2c1)NO. The van der Waals surface area contributed by atoms with Crippen LogP contribution in [0.4, 0.5) is 11.4 Å². The van der Waals surface area contributed by atoms with Crippen molar-refractivity contribution in [3.63, 3.8) is 0 Å². The molecule has 9 heteroatoms. The van der Waals surface area contributed by atoms with Gasteiger partial charge in [0.25, 0.3) is 0 Å². The van der Waals surface area contributed by atoms with Crippen LogP contribution in [0.15, 0.2) is 73.1 Å². The van der Waals surface area contributed by atoms with Crippen molar-refractivity contribution in [1.82, 2.24) is 15.4 Å². The van der Waals surface area contributed by atoms with E-state index in [1.165, 1.54) is 17.9 Å². The van der Waals surface area contributed by atoms with Crippen molar-refractivity contribution in [2.24, 2.45) is 5.92 Å². The highest BCUT2D eigenvalue weighted by molar-refractivity contribution is 6.13. The van der Waals surface area contributed by atoms with E-state index in [1.807, 2.05) is 48.5 Å². The van der Waals surface area contributed by atoms with Crippen molar-refractivity contribution in [1.29, 1.82) is 0 Å². The Morgan fingerprint density at radius 1 is 0.781 bits per heavy atom. The van der Waals surface area contributed by atoms with Crippen molar-refractivity contribution in [2.75, 3.05) is 10.6 Å². The Morgan fingerprint density at radius 3 is 1.72 bits per heavy atom. The Balaban J connectivity index is 1.54. The van der Waals surface area contributed by atoms with E-state index in [2.05, 4.69) is 20.6 Å². The number of fused-ring (bicyclic) bond motifs is 2. The van der Waals surface area contributed by atoms with Crippen LogP contribution in [0.2, 0.25) is 0 Å². The van der Waals surface area contributed by atoms with Crippen LogP contribution in [0.5, 0.6) is 0 Å². The van der Waals surface area contributed by atoms with Gasteiger partial charge in [-0.3, -0.25) is 29.6 Å². The van der Waals surface area contributed by atoms with Crippen molar-refractivity contribution in [2.45, 2.75) is 6.42 Å². The highest BCUT2D eigenvalue weighted by atomic mass is 16.5. The van der Waals surface area contributed by atoms with Gasteiger partial charge in [-0.05, 0) is 24.3 Å². The van der Waals surface area contributed by atoms with Crippen molar-refractivity contribution >= 4 is 50.9 Å². The second kappa shape index (κ2) is 9.19. The second-order valence-electron chi connectivity index (χ2n) is 7.10. The zero-order valence-corrected chi connectivity index (χ0v) is 16.8. The Hall–Kier alpha value is -4.37. The molecule has 0 fully saturated rings. The molecule has 160 valence electrons. The fourth-order valence-electron chi connectivity index (χ4n) is 3.27. The van der Waals surface area contributed by atoms with Crippen LogP contribution < -0.4 is 16.1 Å². The van der Waals surface area contributed by atoms with Crippen LogP contribution in [0.1, 0.15) is 6.42 Å². The van der Waals surface area contributed by atoms with Gasteiger partial charge in [0.05, 0.1) is 34.8 Å². The molecule has 0 saturated heterocycles. The van der Waals surface area contributed by atoms with E-state index < -0.39 is 30.1 Å². The summed E-state index contributed by atoms with van der Waals surface area (Å²) in [5, 5.41) is 15.7. The first-order chi connectivity index (χ1) is 15.5. The fraction of sp³-hybridized carbons (Fsp3) is 0.0870. The molecule has 2 aromatic carbocycles. The molecule has 0 spiro atoms. The van der Waals surface area contributed by atoms with Gasteiger partial charge in [-0.1, -0.05) is 36.4 Å². The topological polar surface area (TPSA) is 133 Å². The third-order valence-electron chi connectivity index (χ3n) is 4.86. The molecule has 0 unspecified atom stereocenters. The van der Waals surface area contributed by atoms with Gasteiger partial charge in [0.2, 0.25) is 17.7 Å². The summed E-state index contributed by atoms with van der Waals surface area (Å²) >= 11 is 0. The molecule has 0 saturated carbocycles. The number of para-hydroxylation sites is 2. The third kappa shape index (κ3) is 4.68. The predicted octanol–water partition coefficient (Wildman–Crippen LogP) is 2.87. The minimum atomic E-state index is -1.40. The van der Waals surface area contributed by atoms with Gasteiger partial charge in [0, 0.05) is 17.2 Å². The number of nitrogens with zero attached hydrogens (tertiary/aromatic N) is 2. The zero-order valence-electron chi connectivity index (χ0n) is 16.8. The number of rotatable bonds is 6. The molecule has 0 bridgehead atoms. The molecule has 32 heavy (non-hydrogen) atoms. The molecule has 2 heterocycles. The molecule has 0 atom stereocenters. The van der Waals surface area contributed by atoms with E-state index in [1.54, 1.807) is 12.1 Å². The van der Waals surface area contributed by atoms with Gasteiger partial charge in [-0.25, -0.2) is 5.48 Å². The number of hydrogen-bond acceptors (Lipinski definition) is 6. The van der Waals surface area contributed by atoms with Gasteiger partial charge < -0.3 is 10.6 Å². The first-order valence-corrected chi connectivity index (χ1v) is 9.78. The van der Waals surface area contributed by atoms with Crippen LogP contribution in [-0.2, 0) is 14.4 Å². The number of carbonyl (C=O) groups excluding carboxylic acids is 3. The highest BCUT2D eigenvalue weighted by Gasteiger charge is 2.30. The summed E-state index contributed by atoms with van der Waals surface area (Å²) in [7, 11) is 0. The Morgan fingerprint density at radius 2 is 1.25 bits per heavy atom. The van der Waals surface area contributed by atoms with E-state index in [0.717, 1.165) is 21.8 Å². The lowest BCUT2D eigenvalue weighted by molar-refractivity contribution is -0.137. The smallest absolute Gasteiger partial charge is 0.244 e. The number of hydroxylamine groups is 1. The van der Waals surface area contributed by atoms with Crippen molar-refractivity contribution in [3.05, 3.63) is 73.1 Å². The van der Waals surface area contributed by atoms with Gasteiger partial charge >= 0.3 is 0 Å². The standard InChI is InChI=1S/C23H19N5O4/c29-21(28-32)11-18(22(30)26-16-9-14-5-1-3-7-19(14)24-12-16)23(31)27-17-10-15-6-2-4-8-20(15)25-13-17/h1-10,12-13,18,32H,11H2,(H,26,30)(H,27,31)(H,28,29). The lowest BCUT2D eigenvalue weighted by Crippen LogP contribution is -2.37. The predicted molar refractivity (Wildman–Crippen MR) is 119 cm³/mol. The van der Waals surface area contributed by atoms with Gasteiger partial charge in [0.15, 0.2) is 0 Å². The zero-order chi connectivity index (χ0) is 22.5. The van der Waals surface area contributed by atoms with Gasteiger partial charge in [0.1, 0.15) is 5.92 Å². The number of anilines is 2. The summed E-state index contributed by atoms with van der Waals surface area (Å²) in [6.45, 7) is 0. The van der Waals surface area contributed by atoms with E-state index in [0.29, 0.717) is 11.4 Å².